The van der Waals surface area contributed by atoms with Gasteiger partial charge in [0.25, 0.3) is 5.91 Å². The van der Waals surface area contributed by atoms with Gasteiger partial charge in [0.15, 0.2) is 6.61 Å². The number of hydrogen-bond acceptors (Lipinski definition) is 4. The smallest absolute Gasteiger partial charge is 0.258 e. The molecular weight excluding hydrogens is 376 g/mol. The summed E-state index contributed by atoms with van der Waals surface area (Å²) >= 11 is 0. The molecule has 1 N–H and O–H groups in total. The highest BCUT2D eigenvalue weighted by atomic mass is 32.2. The molecule has 0 bridgehead atoms. The molecular formula is C21H28N2O4S. The number of nitrogens with one attached hydrogen (secondary N) is 1. The van der Waals surface area contributed by atoms with E-state index in [1.807, 2.05) is 37.3 Å². The van der Waals surface area contributed by atoms with Gasteiger partial charge in [-0.3, -0.25) is 4.79 Å². The van der Waals surface area contributed by atoms with Crippen LogP contribution in [0.15, 0.2) is 53.4 Å². The zero-order valence-corrected chi connectivity index (χ0v) is 17.6. The van der Waals surface area contributed by atoms with Crippen molar-refractivity contribution in [1.82, 2.24) is 9.62 Å². The first kappa shape index (κ1) is 21.9. The molecule has 0 aliphatic heterocycles. The Labute approximate surface area is 167 Å². The van der Waals surface area contributed by atoms with Gasteiger partial charge < -0.3 is 10.1 Å². The third-order valence-corrected chi connectivity index (χ3v) is 6.57. The second kappa shape index (κ2) is 9.71. The number of aryl methyl sites for hydroxylation is 1. The summed E-state index contributed by atoms with van der Waals surface area (Å²) in [6, 6.07) is 14.2. The fraction of sp³-hybridized carbons (Fsp3) is 0.381. The molecule has 7 heteroatoms. The van der Waals surface area contributed by atoms with Crippen LogP contribution in [0.4, 0.5) is 0 Å². The van der Waals surface area contributed by atoms with Crippen LogP contribution < -0.4 is 10.1 Å². The van der Waals surface area contributed by atoms with Crippen molar-refractivity contribution < 1.29 is 17.9 Å². The van der Waals surface area contributed by atoms with E-state index in [-0.39, 0.29) is 23.5 Å². The summed E-state index contributed by atoms with van der Waals surface area (Å²) in [6.07, 6.45) is 0. The van der Waals surface area contributed by atoms with Crippen LogP contribution >= 0.6 is 0 Å². The van der Waals surface area contributed by atoms with Gasteiger partial charge in [-0.05, 0) is 43.2 Å². The predicted molar refractivity (Wildman–Crippen MR) is 110 cm³/mol. The Bertz CT molecular complexity index is 894. The molecule has 6 nitrogen and oxygen atoms in total. The number of nitrogens with zero attached hydrogens (tertiary/aromatic N) is 1. The molecule has 1 atom stereocenters. The summed E-state index contributed by atoms with van der Waals surface area (Å²) in [5.74, 6) is 0.247. The molecule has 0 fully saturated rings. The van der Waals surface area contributed by atoms with Crippen LogP contribution in [-0.2, 0) is 14.8 Å². The van der Waals surface area contributed by atoms with Crippen LogP contribution in [0, 0.1) is 6.92 Å². The van der Waals surface area contributed by atoms with Crippen molar-refractivity contribution in [3.63, 3.8) is 0 Å². The number of rotatable bonds is 9. The van der Waals surface area contributed by atoms with Gasteiger partial charge in [-0.2, -0.15) is 4.31 Å². The lowest BCUT2D eigenvalue weighted by Gasteiger charge is -2.19. The van der Waals surface area contributed by atoms with E-state index in [2.05, 4.69) is 5.32 Å². The molecule has 28 heavy (non-hydrogen) atoms. The van der Waals surface area contributed by atoms with Crippen molar-refractivity contribution in [2.45, 2.75) is 38.6 Å². The molecule has 0 aliphatic rings. The highest BCUT2D eigenvalue weighted by molar-refractivity contribution is 7.89. The van der Waals surface area contributed by atoms with Gasteiger partial charge in [-0.1, -0.05) is 44.2 Å². The minimum absolute atomic E-state index is 0.125. The van der Waals surface area contributed by atoms with Gasteiger partial charge in [-0.15, -0.1) is 0 Å². The topological polar surface area (TPSA) is 75.7 Å². The SMILES string of the molecule is CCN(CC)S(=O)(=O)c1ccc(OCC(=O)N[C@H](C)c2ccccc2)c(C)c1. The number of hydrogen-bond donors (Lipinski definition) is 1. The molecule has 0 heterocycles. The molecule has 0 unspecified atom stereocenters. The van der Waals surface area contributed by atoms with E-state index in [0.717, 1.165) is 5.56 Å². The number of ether oxygens (including phenoxy) is 1. The van der Waals surface area contributed by atoms with E-state index in [4.69, 9.17) is 4.74 Å². The van der Waals surface area contributed by atoms with Crippen LogP contribution in [-0.4, -0.2) is 38.3 Å². The number of benzene rings is 2. The van der Waals surface area contributed by atoms with Crippen LogP contribution in [0.3, 0.4) is 0 Å². The maximum atomic E-state index is 12.6. The zero-order valence-electron chi connectivity index (χ0n) is 16.8. The number of carbonyl (C=O) groups is 1. The summed E-state index contributed by atoms with van der Waals surface area (Å²) in [6.45, 7) is 7.97. The van der Waals surface area contributed by atoms with Crippen LogP contribution in [0.1, 0.15) is 37.9 Å². The molecule has 0 aromatic heterocycles. The Balaban J connectivity index is 2.01. The summed E-state index contributed by atoms with van der Waals surface area (Å²) < 4.78 is 32.2. The van der Waals surface area contributed by atoms with Crippen molar-refractivity contribution in [3.8, 4) is 5.75 Å². The minimum Gasteiger partial charge on any atom is -0.484 e. The summed E-state index contributed by atoms with van der Waals surface area (Å²) in [4.78, 5) is 12.4. The Kier molecular flexibility index (Phi) is 7.60. The molecule has 0 radical (unpaired) electrons. The first-order valence-electron chi connectivity index (χ1n) is 9.37. The van der Waals surface area contributed by atoms with Gasteiger partial charge in [0.1, 0.15) is 5.75 Å². The molecule has 1 amide bonds. The van der Waals surface area contributed by atoms with E-state index < -0.39 is 10.0 Å². The van der Waals surface area contributed by atoms with E-state index in [9.17, 15) is 13.2 Å². The maximum absolute atomic E-state index is 12.6. The average molecular weight is 405 g/mol. The number of carbonyl (C=O) groups excluding carboxylic acids is 1. The van der Waals surface area contributed by atoms with Gasteiger partial charge >= 0.3 is 0 Å². The Morgan fingerprint density at radius 2 is 1.75 bits per heavy atom. The molecule has 0 saturated carbocycles. The lowest BCUT2D eigenvalue weighted by molar-refractivity contribution is -0.123. The van der Waals surface area contributed by atoms with Crippen LogP contribution in [0.25, 0.3) is 0 Å². The van der Waals surface area contributed by atoms with Crippen molar-refractivity contribution in [2.75, 3.05) is 19.7 Å². The molecule has 2 aromatic carbocycles. The quantitative estimate of drug-likeness (QED) is 0.696. The second-order valence-corrected chi connectivity index (χ2v) is 8.44. The molecule has 0 spiro atoms. The highest BCUT2D eigenvalue weighted by Crippen LogP contribution is 2.24. The van der Waals surface area contributed by atoms with Crippen molar-refractivity contribution in [2.24, 2.45) is 0 Å². The number of amides is 1. The van der Waals surface area contributed by atoms with Crippen LogP contribution in [0.5, 0.6) is 5.75 Å². The summed E-state index contributed by atoms with van der Waals surface area (Å²) in [7, 11) is -3.52. The maximum Gasteiger partial charge on any atom is 0.258 e. The summed E-state index contributed by atoms with van der Waals surface area (Å²) in [5, 5.41) is 2.89. The van der Waals surface area contributed by atoms with Crippen molar-refractivity contribution >= 4 is 15.9 Å². The van der Waals surface area contributed by atoms with E-state index >= 15 is 0 Å². The second-order valence-electron chi connectivity index (χ2n) is 6.51. The van der Waals surface area contributed by atoms with Crippen molar-refractivity contribution in [3.05, 3.63) is 59.7 Å². The third kappa shape index (κ3) is 5.33. The fourth-order valence-corrected chi connectivity index (χ4v) is 4.45. The third-order valence-electron chi connectivity index (χ3n) is 4.53. The normalized spacial score (nSPS) is 12.6. The molecule has 2 aromatic rings. The van der Waals surface area contributed by atoms with Crippen LogP contribution in [0.2, 0.25) is 0 Å². The van der Waals surface area contributed by atoms with E-state index in [0.29, 0.717) is 24.4 Å². The Morgan fingerprint density at radius 1 is 1.11 bits per heavy atom. The largest absolute Gasteiger partial charge is 0.484 e. The highest BCUT2D eigenvalue weighted by Gasteiger charge is 2.22. The van der Waals surface area contributed by atoms with Crippen molar-refractivity contribution in [1.29, 1.82) is 0 Å². The Hall–Kier alpha value is -2.38. The minimum atomic E-state index is -3.52. The molecule has 0 aliphatic carbocycles. The fourth-order valence-electron chi connectivity index (χ4n) is 2.91. The standard InChI is InChI=1S/C21H28N2O4S/c1-5-23(6-2)28(25,26)19-12-13-20(16(3)14-19)27-15-21(24)22-17(4)18-10-8-7-9-11-18/h7-14,17H,5-6,15H2,1-4H3,(H,22,24)/t17-/m1/s1. The van der Waals surface area contributed by atoms with E-state index in [1.54, 1.807) is 32.9 Å². The van der Waals surface area contributed by atoms with Gasteiger partial charge in [0.2, 0.25) is 10.0 Å². The monoisotopic (exact) mass is 404 g/mol. The molecule has 152 valence electrons. The average Bonchev–Trinajstić information content (AvgIpc) is 2.68. The Morgan fingerprint density at radius 3 is 2.32 bits per heavy atom. The number of sulfonamides is 1. The lowest BCUT2D eigenvalue weighted by atomic mass is 10.1. The van der Waals surface area contributed by atoms with E-state index in [1.165, 1.54) is 10.4 Å². The zero-order chi connectivity index (χ0) is 20.7. The van der Waals surface area contributed by atoms with Gasteiger partial charge in [-0.25, -0.2) is 8.42 Å². The first-order valence-corrected chi connectivity index (χ1v) is 10.8. The predicted octanol–water partition coefficient (Wildman–Crippen LogP) is 3.28. The van der Waals surface area contributed by atoms with Gasteiger partial charge in [0.05, 0.1) is 10.9 Å². The molecule has 0 saturated heterocycles. The first-order chi connectivity index (χ1) is 13.3. The lowest BCUT2D eigenvalue weighted by Crippen LogP contribution is -2.31. The summed E-state index contributed by atoms with van der Waals surface area (Å²) in [5.41, 5.74) is 1.68. The molecule has 2 rings (SSSR count). The van der Waals surface area contributed by atoms with Gasteiger partial charge in [0, 0.05) is 13.1 Å².